The molecule has 1 aromatic heterocycles. The van der Waals surface area contributed by atoms with Crippen LogP contribution >= 0.6 is 0 Å². The van der Waals surface area contributed by atoms with Crippen LogP contribution in [0, 0.1) is 5.92 Å². The maximum Gasteiger partial charge on any atom is 0.283 e. The van der Waals surface area contributed by atoms with Crippen LogP contribution in [-0.4, -0.2) is 22.9 Å². The van der Waals surface area contributed by atoms with Crippen molar-refractivity contribution in [3.8, 4) is 17.5 Å². The Labute approximate surface area is 116 Å². The quantitative estimate of drug-likeness (QED) is 0.755. The maximum absolute atomic E-state index is 10.6. The van der Waals surface area contributed by atoms with E-state index in [0.717, 1.165) is 6.29 Å². The van der Waals surface area contributed by atoms with E-state index in [0.29, 0.717) is 35.6 Å². The molecule has 1 heterocycles. The smallest absolute Gasteiger partial charge is 0.283 e. The first kappa shape index (κ1) is 12.6. The standard InChI is InChI=1S/C15H14N2O3/c18-9-11-3-5-13(6-4-11)20-15-14(16-7-8-17-15)19-10-12-1-2-12/h3-9,12H,1-2,10H2. The van der Waals surface area contributed by atoms with E-state index in [4.69, 9.17) is 9.47 Å². The van der Waals surface area contributed by atoms with E-state index in [9.17, 15) is 4.79 Å². The third-order valence-corrected chi connectivity index (χ3v) is 3.02. The average molecular weight is 270 g/mol. The van der Waals surface area contributed by atoms with Crippen molar-refractivity contribution in [2.24, 2.45) is 5.92 Å². The topological polar surface area (TPSA) is 61.3 Å². The molecule has 2 aromatic rings. The lowest BCUT2D eigenvalue weighted by Gasteiger charge is -2.09. The molecule has 1 aliphatic rings. The zero-order chi connectivity index (χ0) is 13.8. The largest absolute Gasteiger partial charge is 0.474 e. The van der Waals surface area contributed by atoms with Crippen LogP contribution in [0.2, 0.25) is 0 Å². The first-order chi connectivity index (χ1) is 9.85. The molecule has 0 aliphatic heterocycles. The maximum atomic E-state index is 10.6. The van der Waals surface area contributed by atoms with Gasteiger partial charge in [-0.2, -0.15) is 0 Å². The van der Waals surface area contributed by atoms with Gasteiger partial charge in [0, 0.05) is 18.0 Å². The van der Waals surface area contributed by atoms with Crippen molar-refractivity contribution in [3.05, 3.63) is 42.2 Å². The number of carbonyl (C=O) groups is 1. The molecule has 0 spiro atoms. The highest BCUT2D eigenvalue weighted by atomic mass is 16.5. The van der Waals surface area contributed by atoms with Gasteiger partial charge >= 0.3 is 0 Å². The van der Waals surface area contributed by atoms with Gasteiger partial charge in [-0.15, -0.1) is 0 Å². The van der Waals surface area contributed by atoms with Gasteiger partial charge in [0.15, 0.2) is 0 Å². The lowest BCUT2D eigenvalue weighted by atomic mass is 10.2. The molecule has 0 unspecified atom stereocenters. The second-order valence-corrected chi connectivity index (χ2v) is 4.71. The van der Waals surface area contributed by atoms with Crippen LogP contribution in [0.25, 0.3) is 0 Å². The van der Waals surface area contributed by atoms with E-state index in [1.165, 1.54) is 12.8 Å². The highest BCUT2D eigenvalue weighted by Crippen LogP contribution is 2.32. The number of rotatable bonds is 6. The highest BCUT2D eigenvalue weighted by molar-refractivity contribution is 5.74. The number of hydrogen-bond donors (Lipinski definition) is 0. The molecule has 1 aliphatic carbocycles. The van der Waals surface area contributed by atoms with Crippen molar-refractivity contribution in [2.45, 2.75) is 12.8 Å². The second-order valence-electron chi connectivity index (χ2n) is 4.71. The minimum atomic E-state index is 0.340. The van der Waals surface area contributed by atoms with Gasteiger partial charge in [0.25, 0.3) is 11.8 Å². The fourth-order valence-electron chi connectivity index (χ4n) is 1.69. The fourth-order valence-corrected chi connectivity index (χ4v) is 1.69. The summed E-state index contributed by atoms with van der Waals surface area (Å²) < 4.78 is 11.3. The van der Waals surface area contributed by atoms with E-state index in [-0.39, 0.29) is 0 Å². The molecule has 0 bridgehead atoms. The predicted molar refractivity (Wildman–Crippen MR) is 72.2 cm³/mol. The molecule has 1 saturated carbocycles. The SMILES string of the molecule is O=Cc1ccc(Oc2nccnc2OCC2CC2)cc1. The predicted octanol–water partition coefficient (Wildman–Crippen LogP) is 2.87. The molecule has 1 aromatic carbocycles. The van der Waals surface area contributed by atoms with Crippen molar-refractivity contribution in [3.63, 3.8) is 0 Å². The normalized spacial score (nSPS) is 13.8. The van der Waals surface area contributed by atoms with E-state index in [2.05, 4.69) is 9.97 Å². The highest BCUT2D eigenvalue weighted by Gasteiger charge is 2.23. The Morgan fingerprint density at radius 1 is 1.10 bits per heavy atom. The van der Waals surface area contributed by atoms with Gasteiger partial charge in [0.2, 0.25) is 0 Å². The van der Waals surface area contributed by atoms with Crippen molar-refractivity contribution < 1.29 is 14.3 Å². The van der Waals surface area contributed by atoms with Crippen LogP contribution < -0.4 is 9.47 Å². The Kier molecular flexibility index (Phi) is 3.58. The van der Waals surface area contributed by atoms with Gasteiger partial charge in [0.1, 0.15) is 12.0 Å². The van der Waals surface area contributed by atoms with Crippen LogP contribution in [0.4, 0.5) is 0 Å². The van der Waals surface area contributed by atoms with Crippen molar-refractivity contribution in [2.75, 3.05) is 6.61 Å². The third kappa shape index (κ3) is 3.12. The number of nitrogens with zero attached hydrogens (tertiary/aromatic N) is 2. The monoisotopic (exact) mass is 270 g/mol. The van der Waals surface area contributed by atoms with E-state index >= 15 is 0 Å². The molecule has 0 amide bonds. The summed E-state index contributed by atoms with van der Waals surface area (Å²) in [6, 6.07) is 6.79. The third-order valence-electron chi connectivity index (χ3n) is 3.02. The fraction of sp³-hybridized carbons (Fsp3) is 0.267. The lowest BCUT2D eigenvalue weighted by Crippen LogP contribution is -2.03. The molecule has 5 nitrogen and oxygen atoms in total. The van der Waals surface area contributed by atoms with Crippen LogP contribution in [0.5, 0.6) is 17.5 Å². The second kappa shape index (κ2) is 5.69. The Balaban J connectivity index is 1.72. The number of aromatic nitrogens is 2. The average Bonchev–Trinajstić information content (AvgIpc) is 3.31. The molecule has 5 heteroatoms. The summed E-state index contributed by atoms with van der Waals surface area (Å²) in [6.07, 6.45) is 6.34. The van der Waals surface area contributed by atoms with Crippen molar-refractivity contribution >= 4 is 6.29 Å². The van der Waals surface area contributed by atoms with Gasteiger partial charge in [0.05, 0.1) is 6.61 Å². The molecule has 0 atom stereocenters. The van der Waals surface area contributed by atoms with Crippen LogP contribution in [-0.2, 0) is 0 Å². The molecular formula is C15H14N2O3. The number of benzene rings is 1. The summed E-state index contributed by atoms with van der Waals surface area (Å²) >= 11 is 0. The Bertz CT molecular complexity index is 594. The molecule has 0 saturated heterocycles. The molecule has 1 fully saturated rings. The molecule has 0 radical (unpaired) electrons. The number of hydrogen-bond acceptors (Lipinski definition) is 5. The van der Waals surface area contributed by atoms with Crippen molar-refractivity contribution in [1.29, 1.82) is 0 Å². The van der Waals surface area contributed by atoms with Gasteiger partial charge in [-0.1, -0.05) is 0 Å². The Morgan fingerprint density at radius 2 is 1.80 bits per heavy atom. The van der Waals surface area contributed by atoms with E-state index in [1.807, 2.05) is 0 Å². The van der Waals surface area contributed by atoms with Crippen LogP contribution in [0.1, 0.15) is 23.2 Å². The van der Waals surface area contributed by atoms with Gasteiger partial charge < -0.3 is 9.47 Å². The minimum Gasteiger partial charge on any atom is -0.474 e. The van der Waals surface area contributed by atoms with Crippen LogP contribution in [0.15, 0.2) is 36.7 Å². The molecule has 20 heavy (non-hydrogen) atoms. The number of ether oxygens (including phenoxy) is 2. The number of carbonyl (C=O) groups excluding carboxylic acids is 1. The summed E-state index contributed by atoms with van der Waals surface area (Å²) in [5, 5.41) is 0. The first-order valence-electron chi connectivity index (χ1n) is 6.52. The summed E-state index contributed by atoms with van der Waals surface area (Å²) in [4.78, 5) is 18.9. The summed E-state index contributed by atoms with van der Waals surface area (Å²) in [6.45, 7) is 0.652. The Hall–Kier alpha value is -2.43. The minimum absolute atomic E-state index is 0.340. The van der Waals surface area contributed by atoms with Crippen LogP contribution in [0.3, 0.4) is 0 Å². The van der Waals surface area contributed by atoms with Gasteiger partial charge in [-0.05, 0) is 43.0 Å². The zero-order valence-corrected chi connectivity index (χ0v) is 10.9. The molecule has 3 rings (SSSR count). The number of aldehydes is 1. The van der Waals surface area contributed by atoms with E-state index in [1.54, 1.807) is 36.7 Å². The van der Waals surface area contributed by atoms with Crippen molar-refractivity contribution in [1.82, 2.24) is 9.97 Å². The van der Waals surface area contributed by atoms with Gasteiger partial charge in [-0.25, -0.2) is 9.97 Å². The van der Waals surface area contributed by atoms with Gasteiger partial charge in [-0.3, -0.25) is 4.79 Å². The summed E-state index contributed by atoms with van der Waals surface area (Å²) in [7, 11) is 0. The summed E-state index contributed by atoms with van der Waals surface area (Å²) in [5.41, 5.74) is 0.599. The lowest BCUT2D eigenvalue weighted by molar-refractivity contribution is 0.112. The Morgan fingerprint density at radius 3 is 2.45 bits per heavy atom. The zero-order valence-electron chi connectivity index (χ0n) is 10.9. The molecule has 102 valence electrons. The molecular weight excluding hydrogens is 256 g/mol. The first-order valence-corrected chi connectivity index (χ1v) is 6.52. The summed E-state index contributed by atoms with van der Waals surface area (Å²) in [5.74, 6) is 1.97. The molecule has 0 N–H and O–H groups in total. The van der Waals surface area contributed by atoms with E-state index < -0.39 is 0 Å².